The zero-order valence-corrected chi connectivity index (χ0v) is 9.82. The van der Waals surface area contributed by atoms with E-state index >= 15 is 0 Å². The fourth-order valence-corrected chi connectivity index (χ4v) is 1.23. The first-order valence-corrected chi connectivity index (χ1v) is 5.16. The van der Waals surface area contributed by atoms with Gasteiger partial charge in [-0.1, -0.05) is 0 Å². The Labute approximate surface area is 93.8 Å². The summed E-state index contributed by atoms with van der Waals surface area (Å²) in [6.07, 6.45) is 1.38. The van der Waals surface area contributed by atoms with Gasteiger partial charge in [-0.05, 0) is 21.0 Å². The van der Waals surface area contributed by atoms with Crippen LogP contribution in [0.4, 0.5) is 0 Å². The van der Waals surface area contributed by atoms with E-state index < -0.39 is 5.97 Å². The molecule has 0 amide bonds. The Bertz CT molecular complexity index is 406. The van der Waals surface area contributed by atoms with Gasteiger partial charge in [-0.2, -0.15) is 0 Å². The van der Waals surface area contributed by atoms with Crippen LogP contribution in [0.5, 0.6) is 0 Å². The van der Waals surface area contributed by atoms with Crippen LogP contribution in [0, 0.1) is 0 Å². The van der Waals surface area contributed by atoms with Crippen LogP contribution in [0.25, 0.3) is 0 Å². The lowest BCUT2D eigenvalue weighted by Crippen LogP contribution is -2.27. The number of carbonyl (C=O) groups excluding carboxylic acids is 1. The first kappa shape index (κ1) is 12.5. The number of rotatable bonds is 5. The summed E-state index contributed by atoms with van der Waals surface area (Å²) in [5.41, 5.74) is -0.277. The van der Waals surface area contributed by atoms with Crippen molar-refractivity contribution in [2.45, 2.75) is 13.5 Å². The number of nitrogens with zero attached hydrogens (tertiary/aromatic N) is 2. The van der Waals surface area contributed by atoms with E-state index in [1.165, 1.54) is 10.9 Å². The average molecular weight is 227 g/mol. The normalized spacial score (nSPS) is 10.8. The van der Waals surface area contributed by atoms with Crippen molar-refractivity contribution in [1.82, 2.24) is 14.7 Å². The van der Waals surface area contributed by atoms with Crippen molar-refractivity contribution < 1.29 is 9.53 Å². The minimum atomic E-state index is -0.577. The molecule has 1 aromatic rings. The number of ether oxygens (including phenoxy) is 1. The maximum Gasteiger partial charge on any atom is 0.345 e. The van der Waals surface area contributed by atoms with Crippen LogP contribution in [-0.4, -0.2) is 47.9 Å². The number of hydrogen-bond acceptors (Lipinski definition) is 4. The second-order valence-electron chi connectivity index (χ2n) is 3.67. The lowest BCUT2D eigenvalue weighted by molar-refractivity contribution is 0.0524. The summed E-state index contributed by atoms with van der Waals surface area (Å²) in [4.78, 5) is 25.0. The van der Waals surface area contributed by atoms with Crippen LogP contribution in [0.3, 0.4) is 0 Å². The third-order valence-corrected chi connectivity index (χ3v) is 2.11. The van der Waals surface area contributed by atoms with Gasteiger partial charge in [0.05, 0.1) is 13.2 Å². The summed E-state index contributed by atoms with van der Waals surface area (Å²) in [6, 6.07) is 0. The van der Waals surface area contributed by atoms with Gasteiger partial charge < -0.3 is 14.7 Å². The number of esters is 1. The van der Waals surface area contributed by atoms with Crippen molar-refractivity contribution in [2.24, 2.45) is 0 Å². The van der Waals surface area contributed by atoms with E-state index in [0.717, 1.165) is 6.54 Å². The Kier molecular flexibility index (Phi) is 4.30. The van der Waals surface area contributed by atoms with Crippen LogP contribution in [-0.2, 0) is 11.3 Å². The first-order chi connectivity index (χ1) is 7.56. The zero-order valence-electron chi connectivity index (χ0n) is 9.82. The molecule has 0 spiro atoms. The predicted octanol–water partition coefficient (Wildman–Crippen LogP) is -0.0853. The molecule has 1 heterocycles. The number of H-pyrrole nitrogens is 1. The highest BCUT2D eigenvalue weighted by atomic mass is 16.5. The van der Waals surface area contributed by atoms with Gasteiger partial charge in [-0.25, -0.2) is 4.79 Å². The molecule has 0 radical (unpaired) electrons. The van der Waals surface area contributed by atoms with E-state index in [0.29, 0.717) is 6.54 Å². The molecule has 1 aromatic heterocycles. The van der Waals surface area contributed by atoms with E-state index in [1.807, 2.05) is 19.0 Å². The quantitative estimate of drug-likeness (QED) is 0.714. The van der Waals surface area contributed by atoms with Crippen LogP contribution < -0.4 is 5.56 Å². The molecule has 0 unspecified atom stereocenters. The Balaban J connectivity index is 2.76. The summed E-state index contributed by atoms with van der Waals surface area (Å²) in [5.74, 6) is -0.577. The van der Waals surface area contributed by atoms with Crippen molar-refractivity contribution in [3.05, 3.63) is 22.1 Å². The van der Waals surface area contributed by atoms with Crippen LogP contribution in [0.15, 0.2) is 11.0 Å². The number of aromatic nitrogens is 2. The lowest BCUT2D eigenvalue weighted by atomic mass is 10.3. The van der Waals surface area contributed by atoms with Gasteiger partial charge in [0.25, 0.3) is 5.56 Å². The molecule has 0 aromatic carbocycles. The van der Waals surface area contributed by atoms with Crippen LogP contribution in [0.2, 0.25) is 0 Å². The zero-order chi connectivity index (χ0) is 12.1. The number of likely N-dealkylation sites (N-methyl/N-ethyl adjacent to an activating group) is 1. The van der Waals surface area contributed by atoms with Crippen molar-refractivity contribution in [1.29, 1.82) is 0 Å². The minimum Gasteiger partial charge on any atom is -0.462 e. The van der Waals surface area contributed by atoms with Crippen molar-refractivity contribution >= 4 is 5.97 Å². The van der Waals surface area contributed by atoms with Crippen molar-refractivity contribution in [3.8, 4) is 0 Å². The Hall–Kier alpha value is -1.56. The predicted molar refractivity (Wildman–Crippen MR) is 59.6 cm³/mol. The summed E-state index contributed by atoms with van der Waals surface area (Å²) < 4.78 is 6.16. The number of aromatic amines is 1. The second kappa shape index (κ2) is 5.50. The molecule has 0 saturated heterocycles. The Morgan fingerprint density at radius 1 is 1.56 bits per heavy atom. The fraction of sp³-hybridized carbons (Fsp3) is 0.600. The van der Waals surface area contributed by atoms with Gasteiger partial charge in [0.15, 0.2) is 0 Å². The highest BCUT2D eigenvalue weighted by Gasteiger charge is 2.14. The molecule has 0 aliphatic rings. The van der Waals surface area contributed by atoms with Gasteiger partial charge >= 0.3 is 5.97 Å². The number of nitrogens with one attached hydrogen (secondary N) is 1. The van der Waals surface area contributed by atoms with Crippen molar-refractivity contribution in [3.63, 3.8) is 0 Å². The minimum absolute atomic E-state index is 0.0561. The smallest absolute Gasteiger partial charge is 0.345 e. The molecule has 0 bridgehead atoms. The maximum absolute atomic E-state index is 11.7. The first-order valence-electron chi connectivity index (χ1n) is 5.16. The number of carbonyl (C=O) groups is 1. The van der Waals surface area contributed by atoms with Gasteiger partial charge in [-0.3, -0.25) is 9.48 Å². The third-order valence-electron chi connectivity index (χ3n) is 2.11. The standard InChI is InChI=1S/C10H17N3O3/c1-4-16-10(15)8-7-11-13(9(8)14)6-5-12(2)3/h7,11H,4-6H2,1-3H3. The summed E-state index contributed by atoms with van der Waals surface area (Å²) in [5, 5.41) is 2.75. The van der Waals surface area contributed by atoms with Crippen LogP contribution in [0.1, 0.15) is 17.3 Å². The molecule has 16 heavy (non-hydrogen) atoms. The summed E-state index contributed by atoms with van der Waals surface area (Å²) in [6.45, 7) is 3.21. The lowest BCUT2D eigenvalue weighted by Gasteiger charge is -2.08. The molecule has 0 fully saturated rings. The molecular formula is C10H17N3O3. The molecule has 0 saturated carbocycles. The third kappa shape index (κ3) is 2.96. The van der Waals surface area contributed by atoms with Gasteiger partial charge in [0.1, 0.15) is 5.56 Å². The number of hydrogen-bond donors (Lipinski definition) is 1. The average Bonchev–Trinajstić information content (AvgIpc) is 2.57. The van der Waals surface area contributed by atoms with E-state index in [-0.39, 0.29) is 17.7 Å². The highest BCUT2D eigenvalue weighted by molar-refractivity contribution is 5.88. The van der Waals surface area contributed by atoms with Crippen molar-refractivity contribution in [2.75, 3.05) is 27.2 Å². The molecule has 90 valence electrons. The molecular weight excluding hydrogens is 210 g/mol. The maximum atomic E-state index is 11.7. The Morgan fingerprint density at radius 2 is 2.25 bits per heavy atom. The Morgan fingerprint density at radius 3 is 2.81 bits per heavy atom. The van der Waals surface area contributed by atoms with Crippen LogP contribution >= 0.6 is 0 Å². The molecule has 6 heteroatoms. The molecule has 1 N–H and O–H groups in total. The topological polar surface area (TPSA) is 67.3 Å². The summed E-state index contributed by atoms with van der Waals surface area (Å²) in [7, 11) is 3.83. The largest absolute Gasteiger partial charge is 0.462 e. The van der Waals surface area contributed by atoms with E-state index in [9.17, 15) is 9.59 Å². The monoisotopic (exact) mass is 227 g/mol. The second-order valence-corrected chi connectivity index (χ2v) is 3.67. The molecule has 1 rings (SSSR count). The van der Waals surface area contributed by atoms with E-state index in [1.54, 1.807) is 6.92 Å². The van der Waals surface area contributed by atoms with Gasteiger partial charge in [-0.15, -0.1) is 0 Å². The molecule has 0 atom stereocenters. The van der Waals surface area contributed by atoms with E-state index in [4.69, 9.17) is 4.74 Å². The SMILES string of the molecule is CCOC(=O)c1c[nH]n(CCN(C)C)c1=O. The fourth-order valence-electron chi connectivity index (χ4n) is 1.23. The van der Waals surface area contributed by atoms with Gasteiger partial charge in [0.2, 0.25) is 0 Å². The van der Waals surface area contributed by atoms with E-state index in [2.05, 4.69) is 5.10 Å². The summed E-state index contributed by atoms with van der Waals surface area (Å²) >= 11 is 0. The molecule has 0 aliphatic carbocycles. The molecule has 0 aliphatic heterocycles. The van der Waals surface area contributed by atoms with Gasteiger partial charge in [0, 0.05) is 12.7 Å². The molecule has 6 nitrogen and oxygen atoms in total. The highest BCUT2D eigenvalue weighted by Crippen LogP contribution is 1.94.